The average Bonchev–Trinajstić information content (AvgIpc) is 2.69. The van der Waals surface area contributed by atoms with Gasteiger partial charge in [-0.15, -0.1) is 0 Å². The lowest BCUT2D eigenvalue weighted by Crippen LogP contribution is -2.37. The van der Waals surface area contributed by atoms with Gasteiger partial charge in [0, 0.05) is 31.3 Å². The van der Waals surface area contributed by atoms with Gasteiger partial charge in [-0.1, -0.05) is 0 Å². The second-order valence-electron chi connectivity index (χ2n) is 4.21. The van der Waals surface area contributed by atoms with Crippen molar-refractivity contribution in [2.45, 2.75) is 6.42 Å². The molecular weight excluding hydrogens is 262 g/mol. The molecule has 1 heterocycles. The summed E-state index contributed by atoms with van der Waals surface area (Å²) in [5.74, 6) is -0.272. The van der Waals surface area contributed by atoms with Crippen LogP contribution >= 0.6 is 0 Å². The third kappa shape index (κ3) is 3.61. The van der Waals surface area contributed by atoms with Crippen molar-refractivity contribution in [3.05, 3.63) is 18.2 Å². The first-order valence-electron chi connectivity index (χ1n) is 6.39. The summed E-state index contributed by atoms with van der Waals surface area (Å²) in [6.07, 6.45) is 0.803. The molecule has 0 radical (unpaired) electrons. The van der Waals surface area contributed by atoms with Gasteiger partial charge in [-0.05, 0) is 12.1 Å². The Balaban J connectivity index is 2.01. The lowest BCUT2D eigenvalue weighted by Gasteiger charge is -2.10. The van der Waals surface area contributed by atoms with Crippen molar-refractivity contribution in [3.8, 4) is 11.5 Å². The SMILES string of the molecule is NCCNC(=O)C(=O)Nc1ccc2c(c1)OCCCO2. The van der Waals surface area contributed by atoms with Gasteiger partial charge in [-0.2, -0.15) is 0 Å². The summed E-state index contributed by atoms with van der Waals surface area (Å²) in [5.41, 5.74) is 5.72. The molecule has 0 aromatic heterocycles. The largest absolute Gasteiger partial charge is 0.490 e. The number of amides is 2. The molecule has 0 saturated carbocycles. The minimum absolute atomic E-state index is 0.257. The fourth-order valence-electron chi connectivity index (χ4n) is 1.69. The Hall–Kier alpha value is -2.28. The molecule has 7 nitrogen and oxygen atoms in total. The molecule has 7 heteroatoms. The molecule has 1 aliphatic heterocycles. The zero-order valence-electron chi connectivity index (χ0n) is 11.0. The Kier molecular flexibility index (Phi) is 4.78. The van der Waals surface area contributed by atoms with E-state index >= 15 is 0 Å². The van der Waals surface area contributed by atoms with Gasteiger partial charge in [0.25, 0.3) is 0 Å². The summed E-state index contributed by atoms with van der Waals surface area (Å²) in [6.45, 7) is 1.69. The van der Waals surface area contributed by atoms with E-state index in [9.17, 15) is 9.59 Å². The standard InChI is InChI=1S/C13H17N3O4/c14-4-5-15-12(17)13(18)16-9-2-3-10-11(8-9)20-7-1-6-19-10/h2-3,8H,1,4-7,14H2,(H,15,17)(H,16,18). The highest BCUT2D eigenvalue weighted by molar-refractivity contribution is 6.39. The lowest BCUT2D eigenvalue weighted by molar-refractivity contribution is -0.136. The van der Waals surface area contributed by atoms with Gasteiger partial charge in [-0.25, -0.2) is 0 Å². The van der Waals surface area contributed by atoms with Crippen molar-refractivity contribution in [1.29, 1.82) is 0 Å². The van der Waals surface area contributed by atoms with Crippen LogP contribution in [0.3, 0.4) is 0 Å². The van der Waals surface area contributed by atoms with Crippen molar-refractivity contribution >= 4 is 17.5 Å². The van der Waals surface area contributed by atoms with Gasteiger partial charge >= 0.3 is 11.8 Å². The first-order valence-corrected chi connectivity index (χ1v) is 6.39. The van der Waals surface area contributed by atoms with E-state index in [1.165, 1.54) is 0 Å². The topological polar surface area (TPSA) is 103 Å². The van der Waals surface area contributed by atoms with Gasteiger partial charge in [-0.3, -0.25) is 9.59 Å². The van der Waals surface area contributed by atoms with Crippen molar-refractivity contribution in [1.82, 2.24) is 5.32 Å². The number of hydrogen-bond donors (Lipinski definition) is 3. The highest BCUT2D eigenvalue weighted by Gasteiger charge is 2.15. The normalized spacial score (nSPS) is 13.2. The molecule has 0 aliphatic carbocycles. The number of ether oxygens (including phenoxy) is 2. The third-order valence-corrected chi connectivity index (χ3v) is 2.64. The molecule has 0 bridgehead atoms. The second kappa shape index (κ2) is 6.76. The number of carbonyl (C=O) groups is 2. The summed E-state index contributed by atoms with van der Waals surface area (Å²) in [7, 11) is 0. The van der Waals surface area contributed by atoms with Gasteiger partial charge in [0.15, 0.2) is 11.5 Å². The Morgan fingerprint density at radius 3 is 2.65 bits per heavy atom. The molecule has 1 aromatic carbocycles. The third-order valence-electron chi connectivity index (χ3n) is 2.64. The van der Waals surface area contributed by atoms with Crippen LogP contribution in [0.25, 0.3) is 0 Å². The van der Waals surface area contributed by atoms with Crippen LogP contribution in [-0.4, -0.2) is 38.1 Å². The monoisotopic (exact) mass is 279 g/mol. The zero-order valence-corrected chi connectivity index (χ0v) is 11.0. The molecule has 20 heavy (non-hydrogen) atoms. The van der Waals surface area contributed by atoms with Crippen molar-refractivity contribution in [2.75, 3.05) is 31.6 Å². The molecule has 0 unspecified atom stereocenters. The summed E-state index contributed by atoms with van der Waals surface area (Å²) in [4.78, 5) is 23.0. The van der Waals surface area contributed by atoms with E-state index in [0.29, 0.717) is 30.4 Å². The van der Waals surface area contributed by atoms with E-state index < -0.39 is 11.8 Å². The van der Waals surface area contributed by atoms with Crippen LogP contribution in [0.4, 0.5) is 5.69 Å². The average molecular weight is 279 g/mol. The van der Waals surface area contributed by atoms with Crippen molar-refractivity contribution in [3.63, 3.8) is 0 Å². The molecule has 4 N–H and O–H groups in total. The summed E-state index contributed by atoms with van der Waals surface area (Å²) in [6, 6.07) is 4.99. The van der Waals surface area contributed by atoms with Gasteiger partial charge in [0.05, 0.1) is 13.2 Å². The van der Waals surface area contributed by atoms with Crippen molar-refractivity contribution < 1.29 is 19.1 Å². The van der Waals surface area contributed by atoms with E-state index in [-0.39, 0.29) is 13.1 Å². The molecule has 0 atom stereocenters. The number of nitrogens with one attached hydrogen (secondary N) is 2. The number of fused-ring (bicyclic) bond motifs is 1. The van der Waals surface area contributed by atoms with Gasteiger partial charge < -0.3 is 25.8 Å². The summed E-state index contributed by atoms with van der Waals surface area (Å²) in [5, 5.41) is 4.89. The van der Waals surface area contributed by atoms with Crippen molar-refractivity contribution in [2.24, 2.45) is 5.73 Å². The Bertz CT molecular complexity index is 504. The van der Waals surface area contributed by atoms with Gasteiger partial charge in [0.1, 0.15) is 0 Å². The Morgan fingerprint density at radius 2 is 1.90 bits per heavy atom. The first-order chi connectivity index (χ1) is 9.70. The molecule has 0 spiro atoms. The fraction of sp³-hybridized carbons (Fsp3) is 0.385. The molecule has 0 fully saturated rings. The van der Waals surface area contributed by atoms with Crippen LogP contribution in [0.5, 0.6) is 11.5 Å². The van der Waals surface area contributed by atoms with Crippen LogP contribution in [0.15, 0.2) is 18.2 Å². The second-order valence-corrected chi connectivity index (χ2v) is 4.21. The van der Waals surface area contributed by atoms with E-state index in [2.05, 4.69) is 10.6 Å². The number of rotatable bonds is 3. The van der Waals surface area contributed by atoms with E-state index in [1.54, 1.807) is 18.2 Å². The highest BCUT2D eigenvalue weighted by Crippen LogP contribution is 2.32. The highest BCUT2D eigenvalue weighted by atomic mass is 16.5. The minimum Gasteiger partial charge on any atom is -0.490 e. The lowest BCUT2D eigenvalue weighted by atomic mass is 10.2. The van der Waals surface area contributed by atoms with Crippen LogP contribution < -0.4 is 25.8 Å². The molecule has 0 saturated heterocycles. The molecule has 108 valence electrons. The predicted molar refractivity (Wildman–Crippen MR) is 72.7 cm³/mol. The van der Waals surface area contributed by atoms with Crippen LogP contribution in [-0.2, 0) is 9.59 Å². The smallest absolute Gasteiger partial charge is 0.313 e. The number of benzene rings is 1. The van der Waals surface area contributed by atoms with E-state index in [1.807, 2.05) is 0 Å². The van der Waals surface area contributed by atoms with Crippen LogP contribution in [0.1, 0.15) is 6.42 Å². The molecular formula is C13H17N3O4. The maximum Gasteiger partial charge on any atom is 0.313 e. The molecule has 1 aliphatic rings. The predicted octanol–water partition coefficient (Wildman–Crippen LogP) is -0.139. The molecule has 2 amide bonds. The van der Waals surface area contributed by atoms with E-state index in [4.69, 9.17) is 15.2 Å². The van der Waals surface area contributed by atoms with Crippen LogP contribution in [0.2, 0.25) is 0 Å². The van der Waals surface area contributed by atoms with Gasteiger partial charge in [0.2, 0.25) is 0 Å². The zero-order chi connectivity index (χ0) is 14.4. The number of nitrogens with two attached hydrogens (primary N) is 1. The maximum atomic E-state index is 11.6. The number of hydrogen-bond acceptors (Lipinski definition) is 5. The Labute approximate surface area is 116 Å². The molecule has 2 rings (SSSR count). The summed E-state index contributed by atoms with van der Waals surface area (Å²) < 4.78 is 11.0. The summed E-state index contributed by atoms with van der Waals surface area (Å²) >= 11 is 0. The van der Waals surface area contributed by atoms with E-state index in [0.717, 1.165) is 6.42 Å². The molecule has 1 aromatic rings. The first kappa shape index (κ1) is 14.1. The Morgan fingerprint density at radius 1 is 1.15 bits per heavy atom. The quantitative estimate of drug-likeness (QED) is 0.668. The number of anilines is 1. The number of carbonyl (C=O) groups excluding carboxylic acids is 2. The fourth-order valence-corrected chi connectivity index (χ4v) is 1.69. The minimum atomic E-state index is -0.743. The maximum absolute atomic E-state index is 11.6. The van der Waals surface area contributed by atoms with Crippen LogP contribution in [0, 0.1) is 0 Å².